The largest absolute Gasteiger partial charge is 0.548 e. The van der Waals surface area contributed by atoms with Crippen LogP contribution in [0.1, 0.15) is 24.8 Å². The number of hydrogen-bond acceptors (Lipinski definition) is 1. The zero-order valence-corrected chi connectivity index (χ0v) is 12.8. The molecule has 0 radical (unpaired) electrons. The van der Waals surface area contributed by atoms with Gasteiger partial charge in [0.2, 0.25) is 8.32 Å². The normalized spacial score (nSPS) is 20.4. The Labute approximate surface area is 112 Å². The van der Waals surface area contributed by atoms with Gasteiger partial charge in [-0.25, -0.2) is 0 Å². The second-order valence-corrected chi connectivity index (χ2v) is 10.6. The average Bonchev–Trinajstić information content (AvgIpc) is 2.28. The molecule has 98 valence electrons. The number of allylic oxidation sites excluding steroid dienone is 2. The maximum atomic E-state index is 6.15. The second kappa shape index (κ2) is 5.74. The van der Waals surface area contributed by atoms with Crippen molar-refractivity contribution < 1.29 is 4.43 Å². The van der Waals surface area contributed by atoms with E-state index < -0.39 is 8.32 Å². The molecule has 0 spiro atoms. The fraction of sp³-hybridized carbons (Fsp3) is 0.500. The predicted molar refractivity (Wildman–Crippen MR) is 80.0 cm³/mol. The summed E-state index contributed by atoms with van der Waals surface area (Å²) in [6.07, 6.45) is 7.24. The van der Waals surface area contributed by atoms with Crippen LogP contribution in [0.15, 0.2) is 42.2 Å². The molecule has 1 aliphatic rings. The number of rotatable bonds is 4. The van der Waals surface area contributed by atoms with E-state index in [4.69, 9.17) is 4.43 Å². The second-order valence-electron chi connectivity index (χ2n) is 6.19. The van der Waals surface area contributed by atoms with Crippen molar-refractivity contribution in [2.75, 3.05) is 0 Å². The maximum Gasteiger partial charge on any atom is 0.241 e. The van der Waals surface area contributed by atoms with Gasteiger partial charge in [0.15, 0.2) is 0 Å². The van der Waals surface area contributed by atoms with Gasteiger partial charge in [0.25, 0.3) is 0 Å². The van der Waals surface area contributed by atoms with Crippen LogP contribution in [-0.2, 0) is 10.8 Å². The predicted octanol–water partition coefficient (Wildman–Crippen LogP) is 4.76. The number of benzene rings is 1. The van der Waals surface area contributed by atoms with E-state index in [1.165, 1.54) is 24.2 Å². The van der Waals surface area contributed by atoms with Crippen LogP contribution in [0, 0.1) is 5.92 Å². The highest BCUT2D eigenvalue weighted by molar-refractivity contribution is 6.70. The Morgan fingerprint density at radius 1 is 1.17 bits per heavy atom. The van der Waals surface area contributed by atoms with Crippen molar-refractivity contribution in [3.05, 3.63) is 47.7 Å². The Bertz CT molecular complexity index is 403. The summed E-state index contributed by atoms with van der Waals surface area (Å²) in [7, 11) is -1.43. The molecule has 0 amide bonds. The summed E-state index contributed by atoms with van der Waals surface area (Å²) in [5.74, 6) is 1.91. The summed E-state index contributed by atoms with van der Waals surface area (Å²) in [6.45, 7) is 6.78. The molecule has 0 aliphatic heterocycles. The Hall–Kier alpha value is -1.02. The molecular weight excluding hydrogens is 236 g/mol. The molecule has 0 fully saturated rings. The first-order valence-electron chi connectivity index (χ1n) is 6.96. The van der Waals surface area contributed by atoms with Gasteiger partial charge in [0.05, 0.1) is 5.76 Å². The lowest BCUT2D eigenvalue weighted by atomic mass is 9.89. The van der Waals surface area contributed by atoms with Gasteiger partial charge in [-0.1, -0.05) is 30.3 Å². The number of hydrogen-bond donors (Lipinski definition) is 0. The summed E-state index contributed by atoms with van der Waals surface area (Å²) < 4.78 is 6.15. The molecule has 0 N–H and O–H groups in total. The van der Waals surface area contributed by atoms with Crippen molar-refractivity contribution in [3.63, 3.8) is 0 Å². The highest BCUT2D eigenvalue weighted by Gasteiger charge is 2.21. The van der Waals surface area contributed by atoms with E-state index in [1.54, 1.807) is 0 Å². The van der Waals surface area contributed by atoms with Gasteiger partial charge in [-0.2, -0.15) is 0 Å². The van der Waals surface area contributed by atoms with Crippen LogP contribution in [0.2, 0.25) is 19.6 Å². The van der Waals surface area contributed by atoms with Crippen molar-refractivity contribution in [3.8, 4) is 0 Å². The molecule has 1 nitrogen and oxygen atoms in total. The molecule has 0 saturated carbocycles. The van der Waals surface area contributed by atoms with Crippen LogP contribution in [0.5, 0.6) is 0 Å². The van der Waals surface area contributed by atoms with Gasteiger partial charge in [0, 0.05) is 6.42 Å². The monoisotopic (exact) mass is 260 g/mol. The average molecular weight is 260 g/mol. The van der Waals surface area contributed by atoms with E-state index in [0.29, 0.717) is 5.92 Å². The third-order valence-electron chi connectivity index (χ3n) is 3.20. The van der Waals surface area contributed by atoms with E-state index >= 15 is 0 Å². The molecule has 1 aromatic carbocycles. The first kappa shape index (κ1) is 13.4. The van der Waals surface area contributed by atoms with Crippen molar-refractivity contribution in [1.29, 1.82) is 0 Å². The van der Waals surface area contributed by atoms with Crippen LogP contribution in [0.4, 0.5) is 0 Å². The van der Waals surface area contributed by atoms with Gasteiger partial charge in [-0.3, -0.25) is 0 Å². The van der Waals surface area contributed by atoms with Gasteiger partial charge < -0.3 is 4.43 Å². The van der Waals surface area contributed by atoms with Crippen LogP contribution in [0.25, 0.3) is 0 Å². The minimum Gasteiger partial charge on any atom is -0.548 e. The molecule has 1 atom stereocenters. The minimum atomic E-state index is -1.43. The minimum absolute atomic E-state index is 0.660. The zero-order valence-electron chi connectivity index (χ0n) is 11.8. The summed E-state index contributed by atoms with van der Waals surface area (Å²) >= 11 is 0. The third kappa shape index (κ3) is 4.34. The molecule has 2 heteroatoms. The molecular formula is C16H24OSi. The lowest BCUT2D eigenvalue weighted by Crippen LogP contribution is -2.26. The molecule has 0 saturated heterocycles. The summed E-state index contributed by atoms with van der Waals surface area (Å²) in [4.78, 5) is 0. The molecule has 0 heterocycles. The van der Waals surface area contributed by atoms with Crippen LogP contribution in [-0.4, -0.2) is 8.32 Å². The first-order chi connectivity index (χ1) is 8.53. The summed E-state index contributed by atoms with van der Waals surface area (Å²) in [5, 5.41) is 0. The smallest absolute Gasteiger partial charge is 0.241 e. The standard InChI is InChI=1S/C16H24OSi/c1-18(2,3)17-16-11-7-10-15(13-16)12-14-8-5-4-6-9-14/h4-6,8-9,13,15H,7,10-12H2,1-3H3. The molecule has 18 heavy (non-hydrogen) atoms. The maximum absolute atomic E-state index is 6.15. The summed E-state index contributed by atoms with van der Waals surface area (Å²) in [6, 6.07) is 10.8. The molecule has 2 rings (SSSR count). The van der Waals surface area contributed by atoms with Crippen molar-refractivity contribution in [1.82, 2.24) is 0 Å². The van der Waals surface area contributed by atoms with Gasteiger partial charge in [-0.15, -0.1) is 0 Å². The topological polar surface area (TPSA) is 9.23 Å². The molecule has 1 aliphatic carbocycles. The Morgan fingerprint density at radius 3 is 2.56 bits per heavy atom. The van der Waals surface area contributed by atoms with Crippen molar-refractivity contribution in [2.45, 2.75) is 45.3 Å². The van der Waals surface area contributed by atoms with Crippen molar-refractivity contribution in [2.24, 2.45) is 5.92 Å². The van der Waals surface area contributed by atoms with Crippen LogP contribution >= 0.6 is 0 Å². The lowest BCUT2D eigenvalue weighted by Gasteiger charge is -2.27. The Kier molecular flexibility index (Phi) is 4.28. The van der Waals surface area contributed by atoms with E-state index in [0.717, 1.165) is 12.8 Å². The quantitative estimate of drug-likeness (QED) is 0.709. The van der Waals surface area contributed by atoms with E-state index in [2.05, 4.69) is 56.0 Å². The first-order valence-corrected chi connectivity index (χ1v) is 10.4. The lowest BCUT2D eigenvalue weighted by molar-refractivity contribution is 0.357. The SMILES string of the molecule is C[Si](C)(C)OC1=CC(Cc2ccccc2)CCC1. The van der Waals surface area contributed by atoms with Gasteiger partial charge in [-0.05, 0) is 56.5 Å². The third-order valence-corrected chi connectivity index (χ3v) is 4.07. The van der Waals surface area contributed by atoms with Gasteiger partial charge in [0.1, 0.15) is 0 Å². The molecule has 1 aromatic rings. The van der Waals surface area contributed by atoms with E-state index in [1.807, 2.05) is 0 Å². The van der Waals surface area contributed by atoms with E-state index in [9.17, 15) is 0 Å². The van der Waals surface area contributed by atoms with Crippen LogP contribution < -0.4 is 0 Å². The molecule has 0 aromatic heterocycles. The van der Waals surface area contributed by atoms with Crippen LogP contribution in [0.3, 0.4) is 0 Å². The highest BCUT2D eigenvalue weighted by atomic mass is 28.4. The fourth-order valence-electron chi connectivity index (χ4n) is 2.52. The molecule has 0 bridgehead atoms. The highest BCUT2D eigenvalue weighted by Crippen LogP contribution is 2.28. The summed E-state index contributed by atoms with van der Waals surface area (Å²) in [5.41, 5.74) is 1.44. The van der Waals surface area contributed by atoms with Crippen molar-refractivity contribution >= 4 is 8.32 Å². The Morgan fingerprint density at radius 2 is 1.89 bits per heavy atom. The fourth-order valence-corrected chi connectivity index (χ4v) is 3.48. The zero-order chi connectivity index (χ0) is 13.0. The molecule has 1 unspecified atom stereocenters. The van der Waals surface area contributed by atoms with Gasteiger partial charge >= 0.3 is 0 Å². The van der Waals surface area contributed by atoms with E-state index in [-0.39, 0.29) is 0 Å². The Balaban J connectivity index is 1.99.